The molecule has 1 N–H and O–H groups in total. The highest BCUT2D eigenvalue weighted by Crippen LogP contribution is 2.13. The molecule has 0 aromatic heterocycles. The van der Waals surface area contributed by atoms with Crippen LogP contribution in [0.3, 0.4) is 0 Å². The normalized spacial score (nSPS) is 16.0. The molecule has 0 aromatic carbocycles. The van der Waals surface area contributed by atoms with Gasteiger partial charge in [0.05, 0.1) is 6.10 Å². The average molecular weight is 284 g/mol. The molecule has 0 bridgehead atoms. The zero-order valence-electron chi connectivity index (χ0n) is 8.22. The summed E-state index contributed by atoms with van der Waals surface area (Å²) in [5.41, 5.74) is 0. The third kappa shape index (κ3) is 7.35. The SMILES string of the molecule is CCCCCCC[C@@H](O)[C@@H](C)I. The summed E-state index contributed by atoms with van der Waals surface area (Å²) < 4.78 is 0.397. The van der Waals surface area contributed by atoms with Crippen molar-refractivity contribution in [3.8, 4) is 0 Å². The summed E-state index contributed by atoms with van der Waals surface area (Å²) in [5.74, 6) is 0. The lowest BCUT2D eigenvalue weighted by atomic mass is 10.1. The van der Waals surface area contributed by atoms with Crippen molar-refractivity contribution < 1.29 is 5.11 Å². The number of aliphatic hydroxyl groups is 1. The highest BCUT2D eigenvalue weighted by Gasteiger charge is 2.08. The van der Waals surface area contributed by atoms with Gasteiger partial charge in [0.25, 0.3) is 0 Å². The number of rotatable bonds is 7. The van der Waals surface area contributed by atoms with Gasteiger partial charge in [0.1, 0.15) is 0 Å². The van der Waals surface area contributed by atoms with Crippen LogP contribution in [0.25, 0.3) is 0 Å². The van der Waals surface area contributed by atoms with Crippen LogP contribution in [0.2, 0.25) is 0 Å². The number of unbranched alkanes of at least 4 members (excludes halogenated alkanes) is 4. The Balaban J connectivity index is 3.08. The molecule has 1 nitrogen and oxygen atoms in total. The van der Waals surface area contributed by atoms with E-state index >= 15 is 0 Å². The van der Waals surface area contributed by atoms with Gasteiger partial charge < -0.3 is 5.11 Å². The second-order valence-corrected chi connectivity index (χ2v) is 5.41. The Kier molecular flexibility index (Phi) is 8.77. The molecule has 0 saturated carbocycles. The molecule has 0 unspecified atom stereocenters. The minimum absolute atomic E-state index is 0.0905. The van der Waals surface area contributed by atoms with Gasteiger partial charge in [-0.1, -0.05) is 68.5 Å². The van der Waals surface area contributed by atoms with E-state index in [1.165, 1.54) is 32.1 Å². The average Bonchev–Trinajstić information content (AvgIpc) is 2.03. The quantitative estimate of drug-likeness (QED) is 0.431. The first-order valence-corrected chi connectivity index (χ1v) is 6.25. The predicted octanol–water partition coefficient (Wildman–Crippen LogP) is 3.53. The highest BCUT2D eigenvalue weighted by atomic mass is 127. The van der Waals surface area contributed by atoms with E-state index in [4.69, 9.17) is 0 Å². The van der Waals surface area contributed by atoms with Gasteiger partial charge in [-0.2, -0.15) is 0 Å². The van der Waals surface area contributed by atoms with Gasteiger partial charge in [0, 0.05) is 3.92 Å². The largest absolute Gasteiger partial charge is 0.392 e. The van der Waals surface area contributed by atoms with Crippen molar-refractivity contribution in [1.82, 2.24) is 0 Å². The van der Waals surface area contributed by atoms with Gasteiger partial charge in [0.15, 0.2) is 0 Å². The van der Waals surface area contributed by atoms with Crippen molar-refractivity contribution in [1.29, 1.82) is 0 Å². The molecule has 2 atom stereocenters. The van der Waals surface area contributed by atoms with E-state index in [9.17, 15) is 5.11 Å². The van der Waals surface area contributed by atoms with Crippen LogP contribution in [-0.2, 0) is 0 Å². The first kappa shape index (κ1) is 12.7. The Morgan fingerprint density at radius 1 is 1.17 bits per heavy atom. The summed E-state index contributed by atoms with van der Waals surface area (Å²) in [6.07, 6.45) is 7.34. The molecule has 0 aliphatic carbocycles. The predicted molar refractivity (Wildman–Crippen MR) is 62.9 cm³/mol. The van der Waals surface area contributed by atoms with Crippen molar-refractivity contribution >= 4 is 22.6 Å². The molecule has 0 spiro atoms. The van der Waals surface area contributed by atoms with E-state index in [-0.39, 0.29) is 6.10 Å². The number of alkyl halides is 1. The molecule has 2 heteroatoms. The molecule has 0 aliphatic rings. The highest BCUT2D eigenvalue weighted by molar-refractivity contribution is 14.1. The maximum Gasteiger partial charge on any atom is 0.0655 e. The fourth-order valence-electron chi connectivity index (χ4n) is 1.19. The third-order valence-corrected chi connectivity index (χ3v) is 2.96. The second-order valence-electron chi connectivity index (χ2n) is 3.45. The Morgan fingerprint density at radius 2 is 1.75 bits per heavy atom. The van der Waals surface area contributed by atoms with E-state index in [1.807, 2.05) is 0 Å². The second kappa shape index (κ2) is 8.30. The lowest BCUT2D eigenvalue weighted by Gasteiger charge is -2.12. The van der Waals surface area contributed by atoms with E-state index in [0.717, 1.165) is 6.42 Å². The molecule has 0 amide bonds. The van der Waals surface area contributed by atoms with Crippen molar-refractivity contribution in [2.75, 3.05) is 0 Å². The lowest BCUT2D eigenvalue weighted by molar-refractivity contribution is 0.166. The van der Waals surface area contributed by atoms with Gasteiger partial charge in [-0.05, 0) is 6.42 Å². The number of aliphatic hydroxyl groups excluding tert-OH is 1. The van der Waals surface area contributed by atoms with E-state index in [2.05, 4.69) is 36.4 Å². The molecule has 0 aliphatic heterocycles. The molecule has 0 fully saturated rings. The summed E-state index contributed by atoms with van der Waals surface area (Å²) >= 11 is 2.29. The van der Waals surface area contributed by atoms with Crippen LogP contribution in [0.5, 0.6) is 0 Å². The lowest BCUT2D eigenvalue weighted by Crippen LogP contribution is -2.16. The van der Waals surface area contributed by atoms with Crippen LogP contribution in [0.1, 0.15) is 52.4 Å². The molecule has 12 heavy (non-hydrogen) atoms. The standard InChI is InChI=1S/C10H21IO/c1-3-4-5-6-7-8-10(12)9(2)11/h9-10,12H,3-8H2,1-2H3/t9-,10-/m1/s1. The summed E-state index contributed by atoms with van der Waals surface area (Å²) in [6, 6.07) is 0. The molecule has 0 rings (SSSR count). The molecule has 0 heterocycles. The molecule has 0 aromatic rings. The van der Waals surface area contributed by atoms with Gasteiger partial charge in [-0.15, -0.1) is 0 Å². The summed E-state index contributed by atoms with van der Waals surface area (Å²) in [7, 11) is 0. The van der Waals surface area contributed by atoms with E-state index < -0.39 is 0 Å². The van der Waals surface area contributed by atoms with Crippen molar-refractivity contribution in [2.24, 2.45) is 0 Å². The van der Waals surface area contributed by atoms with Gasteiger partial charge in [0.2, 0.25) is 0 Å². The third-order valence-electron chi connectivity index (χ3n) is 2.13. The summed E-state index contributed by atoms with van der Waals surface area (Å²) in [6.45, 7) is 4.29. The van der Waals surface area contributed by atoms with Crippen LogP contribution in [-0.4, -0.2) is 15.1 Å². The number of hydrogen-bond acceptors (Lipinski definition) is 1. The smallest absolute Gasteiger partial charge is 0.0655 e. The minimum Gasteiger partial charge on any atom is -0.392 e. The Labute approximate surface area is 90.1 Å². The first-order valence-electron chi connectivity index (χ1n) is 5.00. The maximum atomic E-state index is 9.48. The zero-order valence-corrected chi connectivity index (χ0v) is 10.4. The van der Waals surface area contributed by atoms with Crippen molar-refractivity contribution in [2.45, 2.75) is 62.4 Å². The van der Waals surface area contributed by atoms with Gasteiger partial charge in [-0.25, -0.2) is 0 Å². The van der Waals surface area contributed by atoms with Crippen LogP contribution < -0.4 is 0 Å². The number of hydrogen-bond donors (Lipinski definition) is 1. The molecular weight excluding hydrogens is 263 g/mol. The molecule has 74 valence electrons. The Bertz CT molecular complexity index is 93.8. The van der Waals surface area contributed by atoms with Crippen LogP contribution >= 0.6 is 22.6 Å². The fourth-order valence-corrected chi connectivity index (χ4v) is 1.55. The van der Waals surface area contributed by atoms with Crippen molar-refractivity contribution in [3.63, 3.8) is 0 Å². The van der Waals surface area contributed by atoms with Gasteiger partial charge >= 0.3 is 0 Å². The van der Waals surface area contributed by atoms with Gasteiger partial charge in [-0.3, -0.25) is 0 Å². The van der Waals surface area contributed by atoms with Crippen molar-refractivity contribution in [3.05, 3.63) is 0 Å². The summed E-state index contributed by atoms with van der Waals surface area (Å²) in [5, 5.41) is 9.48. The monoisotopic (exact) mass is 284 g/mol. The fraction of sp³-hybridized carbons (Fsp3) is 1.00. The molecule has 0 saturated heterocycles. The van der Waals surface area contributed by atoms with Crippen LogP contribution in [0.4, 0.5) is 0 Å². The Hall–Kier alpha value is 0.690. The zero-order chi connectivity index (χ0) is 9.40. The van der Waals surface area contributed by atoms with Crippen LogP contribution in [0, 0.1) is 0 Å². The summed E-state index contributed by atoms with van der Waals surface area (Å²) in [4.78, 5) is 0. The minimum atomic E-state index is -0.0905. The Morgan fingerprint density at radius 3 is 2.25 bits per heavy atom. The molecule has 0 radical (unpaired) electrons. The topological polar surface area (TPSA) is 20.2 Å². The van der Waals surface area contributed by atoms with E-state index in [0.29, 0.717) is 3.92 Å². The molecular formula is C10H21IO. The maximum absolute atomic E-state index is 9.48. The number of halogens is 1. The van der Waals surface area contributed by atoms with Crippen LogP contribution in [0.15, 0.2) is 0 Å². The van der Waals surface area contributed by atoms with E-state index in [1.54, 1.807) is 0 Å². The first-order chi connectivity index (χ1) is 5.68.